The van der Waals surface area contributed by atoms with Crippen LogP contribution in [0.2, 0.25) is 0 Å². The van der Waals surface area contributed by atoms with Crippen molar-refractivity contribution in [1.29, 1.82) is 0 Å². The maximum Gasteiger partial charge on any atom is 0.129 e. The Balaban J connectivity index is 1.92. The third-order valence-electron chi connectivity index (χ3n) is 2.74. The van der Waals surface area contributed by atoms with Crippen molar-refractivity contribution in [1.82, 2.24) is 4.98 Å². The van der Waals surface area contributed by atoms with Crippen LogP contribution in [0.3, 0.4) is 0 Å². The normalized spacial score (nSPS) is 17.5. The van der Waals surface area contributed by atoms with Crippen molar-refractivity contribution in [3.05, 3.63) is 17.8 Å². The van der Waals surface area contributed by atoms with Crippen LogP contribution >= 0.6 is 0 Å². The second-order valence-electron chi connectivity index (χ2n) is 4.22. The molecule has 1 unspecified atom stereocenters. The van der Waals surface area contributed by atoms with Gasteiger partial charge in [-0.05, 0) is 37.3 Å². The van der Waals surface area contributed by atoms with Crippen LogP contribution in [0, 0.1) is 12.8 Å². The topological polar surface area (TPSA) is 71.2 Å². The molecule has 0 aliphatic heterocycles. The van der Waals surface area contributed by atoms with Crippen LogP contribution in [0.15, 0.2) is 12.3 Å². The van der Waals surface area contributed by atoms with E-state index >= 15 is 0 Å². The molecule has 15 heavy (non-hydrogen) atoms. The number of rotatable bonds is 4. The Morgan fingerprint density at radius 1 is 1.67 bits per heavy atom. The smallest absolute Gasteiger partial charge is 0.129 e. The zero-order valence-electron chi connectivity index (χ0n) is 8.90. The summed E-state index contributed by atoms with van der Waals surface area (Å²) in [6.45, 7) is 2.53. The molecular formula is C11H17N3O. The molecule has 4 N–H and O–H groups in total. The Morgan fingerprint density at radius 2 is 2.40 bits per heavy atom. The van der Waals surface area contributed by atoms with Gasteiger partial charge in [-0.2, -0.15) is 0 Å². The summed E-state index contributed by atoms with van der Waals surface area (Å²) in [5.74, 6) is 1.30. The van der Waals surface area contributed by atoms with Gasteiger partial charge in [-0.25, -0.2) is 4.98 Å². The van der Waals surface area contributed by atoms with E-state index in [1.165, 1.54) is 0 Å². The van der Waals surface area contributed by atoms with Crippen molar-refractivity contribution in [2.75, 3.05) is 17.6 Å². The molecule has 82 valence electrons. The molecule has 0 amide bonds. The highest BCUT2D eigenvalue weighted by Crippen LogP contribution is 2.32. The molecule has 4 nitrogen and oxygen atoms in total. The van der Waals surface area contributed by atoms with Gasteiger partial charge in [0.2, 0.25) is 0 Å². The average molecular weight is 207 g/mol. The minimum Gasteiger partial charge on any atom is -0.397 e. The summed E-state index contributed by atoms with van der Waals surface area (Å²) in [5.41, 5.74) is 7.28. The molecule has 1 aliphatic rings. The predicted octanol–water partition coefficient (Wildman–Crippen LogP) is 1.16. The van der Waals surface area contributed by atoms with Gasteiger partial charge in [0.05, 0.1) is 18.0 Å². The molecule has 0 spiro atoms. The molecule has 1 fully saturated rings. The lowest BCUT2D eigenvalue weighted by atomic mass is 10.2. The number of hydrogen-bond acceptors (Lipinski definition) is 4. The summed E-state index contributed by atoms with van der Waals surface area (Å²) in [5, 5.41) is 12.8. The van der Waals surface area contributed by atoms with Crippen molar-refractivity contribution in [2.24, 2.45) is 5.92 Å². The van der Waals surface area contributed by atoms with Crippen molar-refractivity contribution in [3.8, 4) is 0 Å². The summed E-state index contributed by atoms with van der Waals surface area (Å²) in [7, 11) is 0. The van der Waals surface area contributed by atoms with Gasteiger partial charge in [0.25, 0.3) is 0 Å². The molecule has 0 saturated heterocycles. The summed E-state index contributed by atoms with van der Waals surface area (Å²) >= 11 is 0. The molecule has 1 aliphatic carbocycles. The Labute approximate surface area is 89.5 Å². The van der Waals surface area contributed by atoms with E-state index in [1.807, 2.05) is 13.0 Å². The zero-order chi connectivity index (χ0) is 10.8. The van der Waals surface area contributed by atoms with E-state index in [4.69, 9.17) is 5.73 Å². The third kappa shape index (κ3) is 2.59. The lowest BCUT2D eigenvalue weighted by molar-refractivity contribution is 0.164. The van der Waals surface area contributed by atoms with Crippen LogP contribution in [0.5, 0.6) is 0 Å². The first-order valence-electron chi connectivity index (χ1n) is 5.31. The molecule has 4 heteroatoms. The van der Waals surface area contributed by atoms with Crippen LogP contribution in [-0.2, 0) is 0 Å². The van der Waals surface area contributed by atoms with Crippen LogP contribution in [0.25, 0.3) is 0 Å². The fourth-order valence-corrected chi connectivity index (χ4v) is 1.63. The van der Waals surface area contributed by atoms with Crippen LogP contribution in [0.4, 0.5) is 11.5 Å². The summed E-state index contributed by atoms with van der Waals surface area (Å²) < 4.78 is 0. The van der Waals surface area contributed by atoms with E-state index in [1.54, 1.807) is 6.20 Å². The minimum atomic E-state index is -0.247. The molecule has 1 aromatic heterocycles. The monoisotopic (exact) mass is 207 g/mol. The molecular weight excluding hydrogens is 190 g/mol. The number of nitrogens with zero attached hydrogens (tertiary/aromatic N) is 1. The summed E-state index contributed by atoms with van der Waals surface area (Å²) in [4.78, 5) is 4.18. The number of aromatic nitrogens is 1. The number of nitrogen functional groups attached to an aromatic ring is 1. The van der Waals surface area contributed by atoms with Gasteiger partial charge in [0.15, 0.2) is 0 Å². The standard InChI is InChI=1S/C11H17N3O/c1-7-4-9(12)5-13-11(7)14-6-10(15)8-2-3-8/h4-5,8,10,15H,2-3,6,12H2,1H3,(H,13,14). The molecule has 1 atom stereocenters. The first kappa shape index (κ1) is 10.2. The quantitative estimate of drug-likeness (QED) is 0.692. The molecule has 0 bridgehead atoms. The second kappa shape index (κ2) is 4.06. The van der Waals surface area contributed by atoms with Crippen molar-refractivity contribution < 1.29 is 5.11 Å². The number of anilines is 2. The van der Waals surface area contributed by atoms with Gasteiger partial charge >= 0.3 is 0 Å². The largest absolute Gasteiger partial charge is 0.397 e. The maximum absolute atomic E-state index is 9.68. The average Bonchev–Trinajstić information content (AvgIpc) is 2.99. The Hall–Kier alpha value is -1.29. The third-order valence-corrected chi connectivity index (χ3v) is 2.74. The molecule has 0 aromatic carbocycles. The Bertz CT molecular complexity index is 350. The summed E-state index contributed by atoms with van der Waals surface area (Å²) in [6.07, 6.45) is 3.68. The van der Waals surface area contributed by atoms with E-state index in [0.29, 0.717) is 18.2 Å². The fraction of sp³-hybridized carbons (Fsp3) is 0.545. The molecule has 1 heterocycles. The lowest BCUT2D eigenvalue weighted by Crippen LogP contribution is -2.22. The van der Waals surface area contributed by atoms with Crippen LogP contribution in [-0.4, -0.2) is 22.7 Å². The second-order valence-corrected chi connectivity index (χ2v) is 4.22. The maximum atomic E-state index is 9.68. The highest BCUT2D eigenvalue weighted by atomic mass is 16.3. The predicted molar refractivity (Wildman–Crippen MR) is 60.6 cm³/mol. The lowest BCUT2D eigenvalue weighted by Gasteiger charge is -2.12. The number of nitrogens with one attached hydrogen (secondary N) is 1. The number of aliphatic hydroxyl groups excluding tert-OH is 1. The molecule has 1 aromatic rings. The first-order chi connectivity index (χ1) is 7.16. The van der Waals surface area contributed by atoms with Crippen molar-refractivity contribution in [3.63, 3.8) is 0 Å². The number of aryl methyl sites for hydroxylation is 1. The minimum absolute atomic E-state index is 0.247. The number of pyridine rings is 1. The van der Waals surface area contributed by atoms with Gasteiger partial charge in [-0.1, -0.05) is 0 Å². The summed E-state index contributed by atoms with van der Waals surface area (Å²) in [6, 6.07) is 1.87. The fourth-order valence-electron chi connectivity index (χ4n) is 1.63. The molecule has 1 saturated carbocycles. The van der Waals surface area contributed by atoms with E-state index in [-0.39, 0.29) is 6.10 Å². The van der Waals surface area contributed by atoms with E-state index in [9.17, 15) is 5.11 Å². The van der Waals surface area contributed by atoms with Crippen molar-refractivity contribution in [2.45, 2.75) is 25.9 Å². The van der Waals surface area contributed by atoms with E-state index in [0.717, 1.165) is 24.2 Å². The highest BCUT2D eigenvalue weighted by Gasteiger charge is 2.29. The Kier molecular flexibility index (Phi) is 2.77. The molecule has 2 rings (SSSR count). The van der Waals surface area contributed by atoms with Gasteiger partial charge in [0.1, 0.15) is 5.82 Å². The van der Waals surface area contributed by atoms with Gasteiger partial charge in [-0.15, -0.1) is 0 Å². The Morgan fingerprint density at radius 3 is 3.00 bits per heavy atom. The van der Waals surface area contributed by atoms with E-state index < -0.39 is 0 Å². The van der Waals surface area contributed by atoms with Crippen molar-refractivity contribution >= 4 is 11.5 Å². The highest BCUT2D eigenvalue weighted by molar-refractivity contribution is 5.50. The van der Waals surface area contributed by atoms with Crippen LogP contribution < -0.4 is 11.1 Å². The van der Waals surface area contributed by atoms with Gasteiger partial charge in [0, 0.05) is 6.54 Å². The number of nitrogens with two attached hydrogens (primary N) is 1. The zero-order valence-corrected chi connectivity index (χ0v) is 8.90. The van der Waals surface area contributed by atoms with Gasteiger partial charge in [-0.3, -0.25) is 0 Å². The van der Waals surface area contributed by atoms with E-state index in [2.05, 4.69) is 10.3 Å². The van der Waals surface area contributed by atoms with Crippen LogP contribution in [0.1, 0.15) is 18.4 Å². The SMILES string of the molecule is Cc1cc(N)cnc1NCC(O)C1CC1. The number of aliphatic hydroxyl groups is 1. The van der Waals surface area contributed by atoms with Gasteiger partial charge < -0.3 is 16.2 Å². The number of hydrogen-bond donors (Lipinski definition) is 3. The first-order valence-corrected chi connectivity index (χ1v) is 5.31. The molecule has 0 radical (unpaired) electrons.